The highest BCUT2D eigenvalue weighted by Gasteiger charge is 2.20. The van der Waals surface area contributed by atoms with Crippen LogP contribution in [0.25, 0.3) is 0 Å². The largest absolute Gasteiger partial charge is 0.494 e. The maximum atomic E-state index is 12.7. The quantitative estimate of drug-likeness (QED) is 0.731. The van der Waals surface area contributed by atoms with Crippen molar-refractivity contribution in [1.82, 2.24) is 4.90 Å². The number of ether oxygens (including phenoxy) is 1. The molecule has 1 aliphatic heterocycles. The molecule has 1 fully saturated rings. The molecule has 2 unspecified atom stereocenters. The van der Waals surface area contributed by atoms with Crippen molar-refractivity contribution in [1.29, 1.82) is 0 Å². The van der Waals surface area contributed by atoms with Gasteiger partial charge < -0.3 is 9.64 Å². The molecule has 1 heterocycles. The predicted molar refractivity (Wildman–Crippen MR) is 80.5 cm³/mol. The van der Waals surface area contributed by atoms with Gasteiger partial charge in [-0.3, -0.25) is 0 Å². The minimum atomic E-state index is -0.217. The van der Waals surface area contributed by atoms with Crippen LogP contribution in [0.2, 0.25) is 0 Å². The molecular formula is C17H26FNO. The average Bonchev–Trinajstić information content (AvgIpc) is 2.39. The number of benzene rings is 1. The Bertz CT molecular complexity index is 382. The van der Waals surface area contributed by atoms with Gasteiger partial charge in [-0.05, 0) is 61.9 Å². The van der Waals surface area contributed by atoms with Crippen LogP contribution < -0.4 is 4.74 Å². The summed E-state index contributed by atoms with van der Waals surface area (Å²) in [6.45, 7) is 9.05. The normalized spacial score (nSPS) is 23.8. The molecular weight excluding hydrogens is 253 g/mol. The first-order chi connectivity index (χ1) is 9.63. The van der Waals surface area contributed by atoms with Gasteiger partial charge in [0.25, 0.3) is 0 Å². The van der Waals surface area contributed by atoms with Gasteiger partial charge in [0.2, 0.25) is 0 Å². The summed E-state index contributed by atoms with van der Waals surface area (Å²) in [5.74, 6) is 2.20. The highest BCUT2D eigenvalue weighted by Crippen LogP contribution is 2.21. The molecule has 1 aromatic carbocycles. The molecule has 1 aromatic rings. The van der Waals surface area contributed by atoms with Crippen LogP contribution in [0.3, 0.4) is 0 Å². The standard InChI is InChI=1S/C17H26FNO/c1-14-11-15(2)13-19(12-14)9-3-4-10-20-17-7-5-16(18)6-8-17/h5-8,14-15H,3-4,9-13H2,1-2H3. The number of nitrogens with zero attached hydrogens (tertiary/aromatic N) is 1. The molecule has 2 atom stereocenters. The molecule has 0 spiro atoms. The summed E-state index contributed by atoms with van der Waals surface area (Å²) in [5, 5.41) is 0. The van der Waals surface area contributed by atoms with E-state index in [-0.39, 0.29) is 5.82 Å². The number of halogens is 1. The van der Waals surface area contributed by atoms with Crippen molar-refractivity contribution in [2.45, 2.75) is 33.1 Å². The van der Waals surface area contributed by atoms with Gasteiger partial charge in [-0.2, -0.15) is 0 Å². The molecule has 2 nitrogen and oxygen atoms in total. The second kappa shape index (κ2) is 7.63. The van der Waals surface area contributed by atoms with Crippen molar-refractivity contribution in [2.24, 2.45) is 11.8 Å². The van der Waals surface area contributed by atoms with Crippen LogP contribution in [0.15, 0.2) is 24.3 Å². The molecule has 2 rings (SSSR count). The lowest BCUT2D eigenvalue weighted by Gasteiger charge is -2.34. The molecule has 0 aliphatic carbocycles. The molecule has 0 aromatic heterocycles. The third kappa shape index (κ3) is 5.12. The van der Waals surface area contributed by atoms with Crippen LogP contribution in [0.4, 0.5) is 4.39 Å². The van der Waals surface area contributed by atoms with Crippen molar-refractivity contribution in [3.05, 3.63) is 30.1 Å². The molecule has 0 amide bonds. The van der Waals surface area contributed by atoms with E-state index < -0.39 is 0 Å². The van der Waals surface area contributed by atoms with Gasteiger partial charge in [0, 0.05) is 13.1 Å². The molecule has 112 valence electrons. The van der Waals surface area contributed by atoms with Crippen molar-refractivity contribution >= 4 is 0 Å². The summed E-state index contributed by atoms with van der Waals surface area (Å²) in [4.78, 5) is 2.58. The van der Waals surface area contributed by atoms with E-state index in [0.717, 1.165) is 24.0 Å². The summed E-state index contributed by atoms with van der Waals surface area (Å²) in [6, 6.07) is 6.24. The summed E-state index contributed by atoms with van der Waals surface area (Å²) in [5.41, 5.74) is 0. The second-order valence-corrected chi connectivity index (χ2v) is 6.22. The number of hydrogen-bond donors (Lipinski definition) is 0. The Morgan fingerprint density at radius 1 is 1.10 bits per heavy atom. The van der Waals surface area contributed by atoms with E-state index in [1.807, 2.05) is 0 Å². The SMILES string of the molecule is CC1CC(C)CN(CCCCOc2ccc(F)cc2)C1. The van der Waals surface area contributed by atoms with E-state index in [1.165, 1.54) is 44.6 Å². The fourth-order valence-electron chi connectivity index (χ4n) is 3.13. The van der Waals surface area contributed by atoms with E-state index in [2.05, 4.69) is 18.7 Å². The maximum Gasteiger partial charge on any atom is 0.123 e. The number of unbranched alkanes of at least 4 members (excludes halogenated alkanes) is 1. The molecule has 1 saturated heterocycles. The van der Waals surface area contributed by atoms with Crippen molar-refractivity contribution < 1.29 is 9.13 Å². The lowest BCUT2D eigenvalue weighted by atomic mass is 9.92. The Morgan fingerprint density at radius 3 is 2.40 bits per heavy atom. The smallest absolute Gasteiger partial charge is 0.123 e. The lowest BCUT2D eigenvalue weighted by Crippen LogP contribution is -2.39. The first kappa shape index (κ1) is 15.3. The Kier molecular flexibility index (Phi) is 5.84. The maximum absolute atomic E-state index is 12.7. The van der Waals surface area contributed by atoms with E-state index >= 15 is 0 Å². The second-order valence-electron chi connectivity index (χ2n) is 6.22. The average molecular weight is 279 g/mol. The third-order valence-electron chi connectivity index (χ3n) is 3.90. The van der Waals surface area contributed by atoms with Crippen LogP contribution >= 0.6 is 0 Å². The van der Waals surface area contributed by atoms with Gasteiger partial charge in [0.05, 0.1) is 6.61 Å². The number of likely N-dealkylation sites (tertiary alicyclic amines) is 1. The molecule has 3 heteroatoms. The van der Waals surface area contributed by atoms with Crippen LogP contribution in [0.5, 0.6) is 5.75 Å². The Hall–Kier alpha value is -1.09. The molecule has 0 radical (unpaired) electrons. The third-order valence-corrected chi connectivity index (χ3v) is 3.90. The highest BCUT2D eigenvalue weighted by atomic mass is 19.1. The monoisotopic (exact) mass is 279 g/mol. The minimum absolute atomic E-state index is 0.217. The molecule has 0 saturated carbocycles. The first-order valence-corrected chi connectivity index (χ1v) is 7.74. The van der Waals surface area contributed by atoms with Crippen molar-refractivity contribution in [3.63, 3.8) is 0 Å². The number of hydrogen-bond acceptors (Lipinski definition) is 2. The fourth-order valence-corrected chi connectivity index (χ4v) is 3.13. The number of piperidine rings is 1. The summed E-state index contributed by atoms with van der Waals surface area (Å²) in [7, 11) is 0. The van der Waals surface area contributed by atoms with Crippen LogP contribution in [-0.2, 0) is 0 Å². The molecule has 20 heavy (non-hydrogen) atoms. The number of rotatable bonds is 6. The topological polar surface area (TPSA) is 12.5 Å². The Balaban J connectivity index is 1.58. The van der Waals surface area contributed by atoms with Gasteiger partial charge >= 0.3 is 0 Å². The van der Waals surface area contributed by atoms with Gasteiger partial charge in [-0.15, -0.1) is 0 Å². The Morgan fingerprint density at radius 2 is 1.75 bits per heavy atom. The van der Waals surface area contributed by atoms with Crippen LogP contribution in [-0.4, -0.2) is 31.1 Å². The lowest BCUT2D eigenvalue weighted by molar-refractivity contribution is 0.136. The van der Waals surface area contributed by atoms with Gasteiger partial charge in [-0.25, -0.2) is 4.39 Å². The van der Waals surface area contributed by atoms with Crippen molar-refractivity contribution in [3.8, 4) is 5.75 Å². The van der Waals surface area contributed by atoms with E-state index in [9.17, 15) is 4.39 Å². The minimum Gasteiger partial charge on any atom is -0.494 e. The fraction of sp³-hybridized carbons (Fsp3) is 0.647. The zero-order valence-corrected chi connectivity index (χ0v) is 12.6. The van der Waals surface area contributed by atoms with Gasteiger partial charge in [-0.1, -0.05) is 13.8 Å². The molecule has 0 N–H and O–H groups in total. The Labute approximate surface area is 121 Å². The van der Waals surface area contributed by atoms with Crippen LogP contribution in [0.1, 0.15) is 33.1 Å². The zero-order chi connectivity index (χ0) is 14.4. The van der Waals surface area contributed by atoms with Gasteiger partial charge in [0.1, 0.15) is 11.6 Å². The highest BCUT2D eigenvalue weighted by molar-refractivity contribution is 5.21. The summed E-state index contributed by atoms with van der Waals surface area (Å²) >= 11 is 0. The van der Waals surface area contributed by atoms with Gasteiger partial charge in [0.15, 0.2) is 0 Å². The van der Waals surface area contributed by atoms with Crippen molar-refractivity contribution in [2.75, 3.05) is 26.2 Å². The van der Waals surface area contributed by atoms with E-state index in [1.54, 1.807) is 12.1 Å². The van der Waals surface area contributed by atoms with E-state index in [4.69, 9.17) is 4.74 Å². The summed E-state index contributed by atoms with van der Waals surface area (Å²) < 4.78 is 18.3. The summed E-state index contributed by atoms with van der Waals surface area (Å²) in [6.07, 6.45) is 3.58. The van der Waals surface area contributed by atoms with Crippen LogP contribution in [0, 0.1) is 17.7 Å². The van der Waals surface area contributed by atoms with E-state index in [0.29, 0.717) is 6.61 Å². The molecule has 1 aliphatic rings. The zero-order valence-electron chi connectivity index (χ0n) is 12.6. The predicted octanol–water partition coefficient (Wildman–Crippen LogP) is 3.96. The first-order valence-electron chi connectivity index (χ1n) is 7.74. The molecule has 0 bridgehead atoms.